The van der Waals surface area contributed by atoms with Crippen LogP contribution in [0.3, 0.4) is 0 Å². The summed E-state index contributed by atoms with van der Waals surface area (Å²) in [4.78, 5) is 56.5. The number of hydrogen-bond acceptors (Lipinski definition) is 8. The van der Waals surface area contributed by atoms with Crippen molar-refractivity contribution in [3.8, 4) is 0 Å². The molecule has 0 aromatic carbocycles. The molecule has 0 heterocycles. The predicted octanol–water partition coefficient (Wildman–Crippen LogP) is 2.24. The first-order chi connectivity index (χ1) is 12.4. The van der Waals surface area contributed by atoms with Crippen molar-refractivity contribution >= 4 is 29.5 Å². The molecule has 146 valence electrons. The Kier molecular flexibility index (Phi) is 13.7. The third-order valence-electron chi connectivity index (χ3n) is 3.48. The molecule has 0 amide bonds. The molecule has 0 N–H and O–H groups in total. The predicted molar refractivity (Wildman–Crippen MR) is 90.2 cm³/mol. The van der Waals surface area contributed by atoms with E-state index < -0.39 is 12.1 Å². The van der Waals surface area contributed by atoms with Gasteiger partial charge in [0.15, 0.2) is 0 Å². The van der Waals surface area contributed by atoms with Crippen molar-refractivity contribution in [2.45, 2.75) is 57.8 Å². The Morgan fingerprint density at radius 2 is 1.19 bits per heavy atom. The first-order valence-electron chi connectivity index (χ1n) is 8.50. The van der Waals surface area contributed by atoms with Crippen LogP contribution in [0.2, 0.25) is 0 Å². The maximum Gasteiger partial charge on any atom is 0.508 e. The van der Waals surface area contributed by atoms with Crippen LogP contribution in [-0.4, -0.2) is 49.8 Å². The van der Waals surface area contributed by atoms with E-state index in [4.69, 9.17) is 6.92 Å². The van der Waals surface area contributed by atoms with Gasteiger partial charge in [0.1, 0.15) is 24.0 Å². The molecule has 0 unspecified atom stereocenters. The molecule has 0 saturated heterocycles. The first-order valence-corrected chi connectivity index (χ1v) is 8.50. The molecule has 0 spiro atoms. The van der Waals surface area contributed by atoms with E-state index in [0.717, 1.165) is 0 Å². The fourth-order valence-corrected chi connectivity index (χ4v) is 2.00. The molecule has 0 bridgehead atoms. The topological polar surface area (TPSA) is 113 Å². The van der Waals surface area contributed by atoms with Gasteiger partial charge in [-0.15, -0.1) is 0 Å². The SMILES string of the molecule is [CH]COC(=O)OCCC(=O)CCC(=O)CCCCC(=O)CCC(=O)OC. The number of ketones is 3. The molecular formula is C18H26O8. The van der Waals surface area contributed by atoms with Gasteiger partial charge in [0.05, 0.1) is 20.1 Å². The van der Waals surface area contributed by atoms with Crippen molar-refractivity contribution in [1.82, 2.24) is 0 Å². The molecule has 8 heteroatoms. The van der Waals surface area contributed by atoms with Crippen LogP contribution < -0.4 is 0 Å². The number of ether oxygens (including phenoxy) is 3. The van der Waals surface area contributed by atoms with Crippen LogP contribution in [0.25, 0.3) is 0 Å². The number of unbranched alkanes of at least 4 members (excludes halogenated alkanes) is 1. The van der Waals surface area contributed by atoms with Gasteiger partial charge in [-0.05, 0) is 12.8 Å². The maximum absolute atomic E-state index is 11.7. The average Bonchev–Trinajstić information content (AvgIpc) is 2.61. The minimum atomic E-state index is -0.933. The Hall–Kier alpha value is -2.25. The van der Waals surface area contributed by atoms with Crippen molar-refractivity contribution in [3.63, 3.8) is 0 Å². The lowest BCUT2D eigenvalue weighted by Crippen LogP contribution is -2.12. The summed E-state index contributed by atoms with van der Waals surface area (Å²) in [5.41, 5.74) is 0. The zero-order valence-electron chi connectivity index (χ0n) is 15.1. The van der Waals surface area contributed by atoms with Crippen LogP contribution in [0.4, 0.5) is 4.79 Å². The highest BCUT2D eigenvalue weighted by Gasteiger charge is 2.10. The van der Waals surface area contributed by atoms with Crippen LogP contribution in [0.1, 0.15) is 57.8 Å². The summed E-state index contributed by atoms with van der Waals surface area (Å²) in [5.74, 6) is -0.688. The molecule has 2 radical (unpaired) electrons. The Morgan fingerprint density at radius 1 is 0.692 bits per heavy atom. The second-order valence-electron chi connectivity index (χ2n) is 5.56. The van der Waals surface area contributed by atoms with Crippen molar-refractivity contribution in [2.24, 2.45) is 0 Å². The van der Waals surface area contributed by atoms with Gasteiger partial charge in [-0.25, -0.2) is 4.79 Å². The molecule has 0 fully saturated rings. The van der Waals surface area contributed by atoms with Crippen LogP contribution in [0, 0.1) is 6.92 Å². The lowest BCUT2D eigenvalue weighted by Gasteiger charge is -2.04. The second kappa shape index (κ2) is 15.0. The number of methoxy groups -OCH3 is 1. The molecule has 0 saturated carbocycles. The average molecular weight is 370 g/mol. The van der Waals surface area contributed by atoms with E-state index >= 15 is 0 Å². The summed E-state index contributed by atoms with van der Waals surface area (Å²) in [5, 5.41) is 0. The van der Waals surface area contributed by atoms with Gasteiger partial charge in [0, 0.05) is 45.4 Å². The van der Waals surface area contributed by atoms with E-state index in [1.54, 1.807) is 0 Å². The van der Waals surface area contributed by atoms with Crippen molar-refractivity contribution in [3.05, 3.63) is 6.92 Å². The molecule has 8 nitrogen and oxygen atoms in total. The normalized spacial score (nSPS) is 10.1. The number of carbonyl (C=O) groups excluding carboxylic acids is 5. The van der Waals surface area contributed by atoms with Crippen molar-refractivity contribution < 1.29 is 38.2 Å². The number of esters is 1. The first kappa shape index (κ1) is 23.8. The fraction of sp³-hybridized carbons (Fsp3) is 0.667. The van der Waals surface area contributed by atoms with Crippen molar-refractivity contribution in [2.75, 3.05) is 20.3 Å². The van der Waals surface area contributed by atoms with Crippen LogP contribution in [0.5, 0.6) is 0 Å². The largest absolute Gasteiger partial charge is 0.508 e. The van der Waals surface area contributed by atoms with E-state index in [1.807, 2.05) is 0 Å². The van der Waals surface area contributed by atoms with Crippen LogP contribution >= 0.6 is 0 Å². The Balaban J connectivity index is 3.64. The highest BCUT2D eigenvalue weighted by molar-refractivity contribution is 5.86. The Labute approximate surface area is 153 Å². The zero-order chi connectivity index (χ0) is 19.8. The van der Waals surface area contributed by atoms with E-state index in [-0.39, 0.29) is 62.7 Å². The summed E-state index contributed by atoms with van der Waals surface area (Å²) in [6, 6.07) is 0. The molecule has 0 aliphatic heterocycles. The van der Waals surface area contributed by atoms with Gasteiger partial charge < -0.3 is 14.2 Å². The Morgan fingerprint density at radius 3 is 1.69 bits per heavy atom. The van der Waals surface area contributed by atoms with Gasteiger partial charge in [-0.1, -0.05) is 0 Å². The summed E-state index contributed by atoms with van der Waals surface area (Å²) in [6.45, 7) is 4.57. The lowest BCUT2D eigenvalue weighted by atomic mass is 10.0. The standard InChI is InChI=1S/C18H26O8/c1-3-25-18(23)26-13-12-16(21)9-8-14(19)6-4-5-7-15(20)10-11-17(22)24-2/h1H,3-13H2,2H3. The van der Waals surface area contributed by atoms with Crippen LogP contribution in [0.15, 0.2) is 0 Å². The summed E-state index contributed by atoms with van der Waals surface area (Å²) in [6.07, 6.45) is 1.27. The Bertz CT molecular complexity index is 484. The van der Waals surface area contributed by atoms with Crippen molar-refractivity contribution in [1.29, 1.82) is 0 Å². The maximum atomic E-state index is 11.7. The van der Waals surface area contributed by atoms with Gasteiger partial charge in [0.25, 0.3) is 0 Å². The molecule has 0 aliphatic carbocycles. The second-order valence-corrected chi connectivity index (χ2v) is 5.56. The van der Waals surface area contributed by atoms with Gasteiger partial charge in [-0.2, -0.15) is 0 Å². The molecule has 0 rings (SSSR count). The molecule has 0 aromatic rings. The van der Waals surface area contributed by atoms with Gasteiger partial charge in [-0.3, -0.25) is 19.2 Å². The van der Waals surface area contributed by atoms with E-state index in [0.29, 0.717) is 25.7 Å². The zero-order valence-corrected chi connectivity index (χ0v) is 15.1. The fourth-order valence-electron chi connectivity index (χ4n) is 2.00. The summed E-state index contributed by atoms with van der Waals surface area (Å²) in [7, 11) is 1.27. The van der Waals surface area contributed by atoms with E-state index in [1.165, 1.54) is 7.11 Å². The third-order valence-corrected chi connectivity index (χ3v) is 3.48. The quantitative estimate of drug-likeness (QED) is 0.318. The van der Waals surface area contributed by atoms with E-state index in [2.05, 4.69) is 14.2 Å². The minimum absolute atomic E-state index is 0.0155. The number of rotatable bonds is 15. The number of hydrogen-bond donors (Lipinski definition) is 0. The van der Waals surface area contributed by atoms with Gasteiger partial charge >= 0.3 is 12.1 Å². The molecule has 0 atom stereocenters. The molecule has 26 heavy (non-hydrogen) atoms. The lowest BCUT2D eigenvalue weighted by molar-refractivity contribution is -0.142. The third kappa shape index (κ3) is 14.1. The van der Waals surface area contributed by atoms with E-state index in [9.17, 15) is 24.0 Å². The van der Waals surface area contributed by atoms with Gasteiger partial charge in [0.2, 0.25) is 0 Å². The highest BCUT2D eigenvalue weighted by Crippen LogP contribution is 2.08. The summed E-state index contributed by atoms with van der Waals surface area (Å²) < 4.78 is 13.4. The summed E-state index contributed by atoms with van der Waals surface area (Å²) >= 11 is 0. The number of carbonyl (C=O) groups is 5. The monoisotopic (exact) mass is 370 g/mol. The molecular weight excluding hydrogens is 344 g/mol. The smallest absolute Gasteiger partial charge is 0.469 e. The number of Topliss-reactive ketones (excluding diaryl/α,β-unsaturated/α-hetero) is 3. The molecule has 0 aliphatic rings. The molecule has 0 aromatic heterocycles. The minimum Gasteiger partial charge on any atom is -0.469 e. The highest BCUT2D eigenvalue weighted by atomic mass is 16.7. The van der Waals surface area contributed by atoms with Crippen LogP contribution in [-0.2, 0) is 33.4 Å².